The number of benzene rings is 1. The normalized spacial score (nSPS) is 10.7. The van der Waals surface area contributed by atoms with Crippen LogP contribution in [0.15, 0.2) is 75.8 Å². The van der Waals surface area contributed by atoms with Crippen molar-refractivity contribution in [2.75, 3.05) is 17.2 Å². The molecular formula is C23H18N4O2S3. The van der Waals surface area contributed by atoms with Crippen LogP contribution in [-0.2, 0) is 11.3 Å². The first-order valence-corrected chi connectivity index (χ1v) is 12.4. The fraction of sp³-hybridized carbons (Fsp3) is 0.130. The molecule has 3 aromatic heterocycles. The van der Waals surface area contributed by atoms with E-state index in [1.807, 2.05) is 47.2 Å². The van der Waals surface area contributed by atoms with E-state index in [9.17, 15) is 9.59 Å². The molecule has 9 heteroatoms. The van der Waals surface area contributed by atoms with E-state index in [-0.39, 0.29) is 23.8 Å². The van der Waals surface area contributed by atoms with E-state index in [1.165, 1.54) is 28.0 Å². The smallest absolute Gasteiger partial charge is 0.263 e. The van der Waals surface area contributed by atoms with Gasteiger partial charge in [-0.1, -0.05) is 42.1 Å². The number of aromatic nitrogens is 2. The minimum atomic E-state index is -0.229. The number of fused-ring (bicyclic) bond motifs is 1. The van der Waals surface area contributed by atoms with Gasteiger partial charge in [0.2, 0.25) is 5.91 Å². The van der Waals surface area contributed by atoms with Crippen molar-refractivity contribution in [2.24, 2.45) is 0 Å². The lowest BCUT2D eigenvalue weighted by atomic mass is 10.2. The van der Waals surface area contributed by atoms with Gasteiger partial charge >= 0.3 is 0 Å². The van der Waals surface area contributed by atoms with Crippen LogP contribution in [0.4, 0.5) is 5.69 Å². The zero-order chi connectivity index (χ0) is 22.5. The van der Waals surface area contributed by atoms with E-state index >= 15 is 0 Å². The zero-order valence-corrected chi connectivity index (χ0v) is 19.4. The monoisotopic (exact) mass is 478 g/mol. The van der Waals surface area contributed by atoms with Gasteiger partial charge in [0.1, 0.15) is 11.4 Å². The Bertz CT molecular complexity index is 1350. The van der Waals surface area contributed by atoms with Crippen LogP contribution < -0.4 is 10.5 Å². The Hall–Kier alpha value is -3.19. The lowest BCUT2D eigenvalue weighted by Crippen LogP contribution is -2.33. The second-order valence-electron chi connectivity index (χ2n) is 6.67. The minimum absolute atomic E-state index is 0.0504. The Labute approximate surface area is 197 Å². The van der Waals surface area contributed by atoms with Gasteiger partial charge in [0.15, 0.2) is 5.16 Å². The first-order valence-electron chi connectivity index (χ1n) is 9.66. The third-order valence-corrected chi connectivity index (χ3v) is 7.42. The van der Waals surface area contributed by atoms with Crippen LogP contribution >= 0.6 is 34.4 Å². The first kappa shape index (κ1) is 22.0. The molecule has 1 amide bonds. The van der Waals surface area contributed by atoms with Crippen molar-refractivity contribution >= 4 is 56.2 Å². The maximum Gasteiger partial charge on any atom is 0.263 e. The molecule has 4 rings (SSSR count). The minimum Gasteiger partial charge on any atom is -0.298 e. The zero-order valence-electron chi connectivity index (χ0n) is 16.9. The topological polar surface area (TPSA) is 79.0 Å². The van der Waals surface area contributed by atoms with Crippen LogP contribution in [0.2, 0.25) is 0 Å². The summed E-state index contributed by atoms with van der Waals surface area (Å²) in [4.78, 5) is 34.1. The fourth-order valence-corrected chi connectivity index (χ4v) is 5.91. The van der Waals surface area contributed by atoms with Crippen LogP contribution in [0.5, 0.6) is 0 Å². The molecule has 3 heterocycles. The molecule has 0 saturated carbocycles. The van der Waals surface area contributed by atoms with Crippen LogP contribution in [0.25, 0.3) is 20.7 Å². The summed E-state index contributed by atoms with van der Waals surface area (Å²) in [6.45, 7) is 4.00. The fourth-order valence-electron chi connectivity index (χ4n) is 3.23. The summed E-state index contributed by atoms with van der Waals surface area (Å²) in [5, 5.41) is 14.1. The standard InChI is InChI=1S/C23H18N4O2S3/c1-2-11-27-22(29)20-17(18-9-6-13-30-18)14-31-21(20)25-23(27)32-15-19(28)26(12-10-24)16-7-4-3-5-8-16/h2-9,13-14H,1,11-12,15H2. The van der Waals surface area contributed by atoms with Crippen molar-refractivity contribution < 1.29 is 4.79 Å². The number of allylic oxidation sites excluding steroid dienone is 1. The van der Waals surface area contributed by atoms with Gasteiger partial charge in [0, 0.05) is 28.1 Å². The van der Waals surface area contributed by atoms with Crippen LogP contribution in [0, 0.1) is 11.3 Å². The molecule has 0 spiro atoms. The first-order chi connectivity index (χ1) is 15.6. The number of nitrogens with zero attached hydrogens (tertiary/aromatic N) is 4. The number of para-hydroxylation sites is 1. The molecule has 0 bridgehead atoms. The quantitative estimate of drug-likeness (QED) is 0.154. The second kappa shape index (κ2) is 9.96. The van der Waals surface area contributed by atoms with Crippen LogP contribution in [-0.4, -0.2) is 27.8 Å². The van der Waals surface area contributed by atoms with Crippen molar-refractivity contribution in [3.05, 3.63) is 76.2 Å². The Morgan fingerprint density at radius 3 is 2.75 bits per heavy atom. The number of thioether (sulfide) groups is 1. The number of rotatable bonds is 8. The lowest BCUT2D eigenvalue weighted by molar-refractivity contribution is -0.116. The molecule has 0 radical (unpaired) electrons. The predicted molar refractivity (Wildman–Crippen MR) is 133 cm³/mol. The molecule has 0 aliphatic heterocycles. The Kier molecular flexibility index (Phi) is 6.85. The molecule has 0 aliphatic carbocycles. The number of hydrogen-bond acceptors (Lipinski definition) is 7. The van der Waals surface area contributed by atoms with E-state index in [0.29, 0.717) is 27.6 Å². The van der Waals surface area contributed by atoms with E-state index < -0.39 is 0 Å². The van der Waals surface area contributed by atoms with Crippen molar-refractivity contribution in [2.45, 2.75) is 11.7 Å². The maximum absolute atomic E-state index is 13.4. The van der Waals surface area contributed by atoms with Gasteiger partial charge in [-0.05, 0) is 23.6 Å². The Morgan fingerprint density at radius 1 is 1.25 bits per heavy atom. The van der Waals surface area contributed by atoms with E-state index in [0.717, 1.165) is 10.4 Å². The molecule has 4 aromatic rings. The lowest BCUT2D eigenvalue weighted by Gasteiger charge is -2.19. The molecule has 0 unspecified atom stereocenters. The van der Waals surface area contributed by atoms with Gasteiger partial charge in [0.05, 0.1) is 17.2 Å². The summed E-state index contributed by atoms with van der Waals surface area (Å²) in [7, 11) is 0. The second-order valence-corrected chi connectivity index (χ2v) is 9.42. The highest BCUT2D eigenvalue weighted by atomic mass is 32.2. The average Bonchev–Trinajstić information content (AvgIpc) is 3.48. The summed E-state index contributed by atoms with van der Waals surface area (Å²) in [5.41, 5.74) is 1.39. The molecule has 6 nitrogen and oxygen atoms in total. The number of thiophene rings is 2. The third-order valence-electron chi connectivity index (χ3n) is 4.68. The van der Waals surface area contributed by atoms with Crippen molar-refractivity contribution in [3.8, 4) is 16.5 Å². The van der Waals surface area contributed by atoms with Gasteiger partial charge in [-0.2, -0.15) is 5.26 Å². The van der Waals surface area contributed by atoms with Gasteiger partial charge in [-0.3, -0.25) is 19.1 Å². The highest BCUT2D eigenvalue weighted by Gasteiger charge is 2.20. The predicted octanol–water partition coefficient (Wildman–Crippen LogP) is 5.02. The number of amides is 1. The molecule has 1 aromatic carbocycles. The Morgan fingerprint density at radius 2 is 2.06 bits per heavy atom. The van der Waals surface area contributed by atoms with Crippen molar-refractivity contribution in [1.82, 2.24) is 9.55 Å². The van der Waals surface area contributed by atoms with Gasteiger partial charge in [-0.15, -0.1) is 29.3 Å². The van der Waals surface area contributed by atoms with Crippen LogP contribution in [0.1, 0.15) is 0 Å². The summed E-state index contributed by atoms with van der Waals surface area (Å²) >= 11 is 4.19. The molecule has 0 fully saturated rings. The summed E-state index contributed by atoms with van der Waals surface area (Å²) in [6.07, 6.45) is 1.64. The van der Waals surface area contributed by atoms with Gasteiger partial charge in [0.25, 0.3) is 5.56 Å². The van der Waals surface area contributed by atoms with Crippen molar-refractivity contribution in [1.29, 1.82) is 5.26 Å². The van der Waals surface area contributed by atoms with Crippen LogP contribution in [0.3, 0.4) is 0 Å². The molecule has 160 valence electrons. The number of carbonyl (C=O) groups excluding carboxylic acids is 1. The Balaban J connectivity index is 1.66. The van der Waals surface area contributed by atoms with Crippen molar-refractivity contribution in [3.63, 3.8) is 0 Å². The maximum atomic E-state index is 13.4. The van der Waals surface area contributed by atoms with E-state index in [2.05, 4.69) is 6.58 Å². The summed E-state index contributed by atoms with van der Waals surface area (Å²) < 4.78 is 1.55. The number of carbonyl (C=O) groups is 1. The van der Waals surface area contributed by atoms with E-state index in [4.69, 9.17) is 10.2 Å². The molecule has 0 saturated heterocycles. The van der Waals surface area contributed by atoms with Gasteiger partial charge in [-0.25, -0.2) is 4.98 Å². The number of anilines is 1. The summed E-state index contributed by atoms with van der Waals surface area (Å²) in [5.74, 6) is -0.179. The highest BCUT2D eigenvalue weighted by Crippen LogP contribution is 2.34. The average molecular weight is 479 g/mol. The molecule has 32 heavy (non-hydrogen) atoms. The molecule has 0 atom stereocenters. The van der Waals surface area contributed by atoms with Gasteiger partial charge < -0.3 is 0 Å². The third kappa shape index (κ3) is 4.39. The number of hydrogen-bond donors (Lipinski definition) is 0. The summed E-state index contributed by atoms with van der Waals surface area (Å²) in [6, 6.07) is 15.0. The number of nitriles is 1. The molecule has 0 N–H and O–H groups in total. The molecule has 0 aliphatic rings. The SMILES string of the molecule is C=CCn1c(SCC(=O)N(CC#N)c2ccccc2)nc2scc(-c3cccs3)c2c1=O. The molecular weight excluding hydrogens is 460 g/mol. The largest absolute Gasteiger partial charge is 0.298 e. The highest BCUT2D eigenvalue weighted by molar-refractivity contribution is 7.99. The van der Waals surface area contributed by atoms with E-state index in [1.54, 1.807) is 34.1 Å².